The molecule has 1 unspecified atom stereocenters. The van der Waals surface area contributed by atoms with Crippen molar-refractivity contribution in [3.63, 3.8) is 0 Å². The Hall–Kier alpha value is -0.0500. The molecular formula is C16H25BrClN. The highest BCUT2D eigenvalue weighted by molar-refractivity contribution is 9.10. The second-order valence-corrected chi connectivity index (χ2v) is 6.34. The van der Waals surface area contributed by atoms with Crippen LogP contribution in [0.2, 0.25) is 5.02 Å². The third kappa shape index (κ3) is 6.29. The maximum atomic E-state index is 6.35. The van der Waals surface area contributed by atoms with Crippen molar-refractivity contribution in [1.29, 1.82) is 0 Å². The van der Waals surface area contributed by atoms with E-state index in [1.807, 2.05) is 12.1 Å². The SMILES string of the molecule is CCCCCCC(NCCC)c1cc(Br)ccc1Cl. The van der Waals surface area contributed by atoms with Gasteiger partial charge in [0.25, 0.3) is 0 Å². The van der Waals surface area contributed by atoms with Gasteiger partial charge in [0.15, 0.2) is 0 Å². The molecule has 0 aromatic heterocycles. The topological polar surface area (TPSA) is 12.0 Å². The Labute approximate surface area is 131 Å². The molecule has 0 spiro atoms. The average Bonchev–Trinajstić information content (AvgIpc) is 2.41. The molecule has 0 radical (unpaired) electrons. The molecule has 0 aliphatic carbocycles. The van der Waals surface area contributed by atoms with Gasteiger partial charge in [-0.1, -0.05) is 67.1 Å². The third-order valence-electron chi connectivity index (χ3n) is 3.32. The summed E-state index contributed by atoms with van der Waals surface area (Å²) >= 11 is 9.89. The lowest BCUT2D eigenvalue weighted by atomic mass is 9.99. The first-order chi connectivity index (χ1) is 9.19. The molecule has 0 aliphatic heterocycles. The number of hydrogen-bond donors (Lipinski definition) is 1. The number of rotatable bonds is 9. The van der Waals surface area contributed by atoms with E-state index in [2.05, 4.69) is 41.2 Å². The molecule has 3 heteroatoms. The van der Waals surface area contributed by atoms with Crippen LogP contribution in [0.25, 0.3) is 0 Å². The first kappa shape index (κ1) is 17.0. The smallest absolute Gasteiger partial charge is 0.0454 e. The van der Waals surface area contributed by atoms with Crippen LogP contribution in [0.4, 0.5) is 0 Å². The van der Waals surface area contributed by atoms with Crippen molar-refractivity contribution in [2.24, 2.45) is 0 Å². The lowest BCUT2D eigenvalue weighted by Gasteiger charge is -2.20. The van der Waals surface area contributed by atoms with Gasteiger partial charge in [0.1, 0.15) is 0 Å². The molecule has 0 saturated heterocycles. The van der Waals surface area contributed by atoms with E-state index in [0.717, 1.165) is 28.9 Å². The Bertz CT molecular complexity index is 368. The Kier molecular flexibility index (Phi) is 8.76. The average molecular weight is 347 g/mol. The van der Waals surface area contributed by atoms with Crippen molar-refractivity contribution in [3.8, 4) is 0 Å². The summed E-state index contributed by atoms with van der Waals surface area (Å²) in [7, 11) is 0. The van der Waals surface area contributed by atoms with Crippen molar-refractivity contribution in [3.05, 3.63) is 33.3 Å². The van der Waals surface area contributed by atoms with Gasteiger partial charge in [0.2, 0.25) is 0 Å². The van der Waals surface area contributed by atoms with Crippen LogP contribution in [-0.2, 0) is 0 Å². The minimum atomic E-state index is 0.377. The lowest BCUT2D eigenvalue weighted by Crippen LogP contribution is -2.22. The molecule has 0 aliphatic rings. The number of nitrogens with one attached hydrogen (secondary N) is 1. The van der Waals surface area contributed by atoms with Crippen LogP contribution < -0.4 is 5.32 Å². The number of halogens is 2. The third-order valence-corrected chi connectivity index (χ3v) is 4.16. The van der Waals surface area contributed by atoms with Gasteiger partial charge in [-0.25, -0.2) is 0 Å². The van der Waals surface area contributed by atoms with Crippen LogP contribution >= 0.6 is 27.5 Å². The van der Waals surface area contributed by atoms with Gasteiger partial charge >= 0.3 is 0 Å². The predicted molar refractivity (Wildman–Crippen MR) is 88.9 cm³/mol. The first-order valence-electron chi connectivity index (χ1n) is 7.37. The maximum Gasteiger partial charge on any atom is 0.0454 e. The van der Waals surface area contributed by atoms with Crippen LogP contribution in [0.5, 0.6) is 0 Å². The molecule has 0 amide bonds. The molecule has 0 heterocycles. The molecule has 0 fully saturated rings. The Balaban J connectivity index is 2.68. The Morgan fingerprint density at radius 1 is 1.16 bits per heavy atom. The summed E-state index contributed by atoms with van der Waals surface area (Å²) in [5.74, 6) is 0. The normalized spacial score (nSPS) is 12.6. The van der Waals surface area contributed by atoms with Gasteiger partial charge in [-0.15, -0.1) is 0 Å². The van der Waals surface area contributed by atoms with Crippen molar-refractivity contribution in [2.75, 3.05) is 6.54 Å². The van der Waals surface area contributed by atoms with Gasteiger partial charge < -0.3 is 5.32 Å². The highest BCUT2D eigenvalue weighted by Crippen LogP contribution is 2.29. The summed E-state index contributed by atoms with van der Waals surface area (Å²) in [6.07, 6.45) is 7.50. The molecule has 108 valence electrons. The van der Waals surface area contributed by atoms with Crippen molar-refractivity contribution in [1.82, 2.24) is 5.32 Å². The monoisotopic (exact) mass is 345 g/mol. The van der Waals surface area contributed by atoms with Gasteiger partial charge in [0, 0.05) is 15.5 Å². The second kappa shape index (κ2) is 9.79. The van der Waals surface area contributed by atoms with Gasteiger partial charge in [-0.05, 0) is 43.1 Å². The molecule has 1 aromatic rings. The summed E-state index contributed by atoms with van der Waals surface area (Å²) in [5.41, 5.74) is 1.22. The van der Waals surface area contributed by atoms with Crippen LogP contribution in [-0.4, -0.2) is 6.54 Å². The second-order valence-electron chi connectivity index (χ2n) is 5.02. The van der Waals surface area contributed by atoms with E-state index in [9.17, 15) is 0 Å². The van der Waals surface area contributed by atoms with E-state index >= 15 is 0 Å². The van der Waals surface area contributed by atoms with E-state index in [0.29, 0.717) is 6.04 Å². The maximum absolute atomic E-state index is 6.35. The fourth-order valence-electron chi connectivity index (χ4n) is 2.24. The van der Waals surface area contributed by atoms with Crippen molar-refractivity contribution in [2.45, 2.75) is 58.4 Å². The molecule has 1 atom stereocenters. The largest absolute Gasteiger partial charge is 0.310 e. The number of benzene rings is 1. The minimum Gasteiger partial charge on any atom is -0.310 e. The van der Waals surface area contributed by atoms with Crippen molar-refractivity contribution >= 4 is 27.5 Å². The molecule has 0 saturated carbocycles. The van der Waals surface area contributed by atoms with Crippen LogP contribution in [0, 0.1) is 0 Å². The minimum absolute atomic E-state index is 0.377. The first-order valence-corrected chi connectivity index (χ1v) is 8.54. The molecule has 1 rings (SSSR count). The summed E-state index contributed by atoms with van der Waals surface area (Å²) < 4.78 is 1.10. The molecule has 1 N–H and O–H groups in total. The van der Waals surface area contributed by atoms with Gasteiger partial charge in [-0.3, -0.25) is 0 Å². The number of unbranched alkanes of at least 4 members (excludes halogenated alkanes) is 3. The summed E-state index contributed by atoms with van der Waals surface area (Å²) in [6.45, 7) is 5.49. The highest BCUT2D eigenvalue weighted by Gasteiger charge is 2.14. The van der Waals surface area contributed by atoms with Gasteiger partial charge in [-0.2, -0.15) is 0 Å². The van der Waals surface area contributed by atoms with Crippen LogP contribution in [0.1, 0.15) is 64.0 Å². The van der Waals surface area contributed by atoms with E-state index in [4.69, 9.17) is 11.6 Å². The summed E-state index contributed by atoms with van der Waals surface area (Å²) in [5, 5.41) is 4.49. The van der Waals surface area contributed by atoms with Gasteiger partial charge in [0.05, 0.1) is 0 Å². The van der Waals surface area contributed by atoms with E-state index in [1.54, 1.807) is 0 Å². The summed E-state index contributed by atoms with van der Waals surface area (Å²) in [6, 6.07) is 6.50. The van der Waals surface area contributed by atoms with E-state index < -0.39 is 0 Å². The molecular weight excluding hydrogens is 322 g/mol. The quantitative estimate of drug-likeness (QED) is 0.532. The zero-order chi connectivity index (χ0) is 14.1. The Morgan fingerprint density at radius 3 is 2.63 bits per heavy atom. The van der Waals surface area contributed by atoms with E-state index in [-0.39, 0.29) is 0 Å². The van der Waals surface area contributed by atoms with E-state index in [1.165, 1.54) is 31.2 Å². The highest BCUT2D eigenvalue weighted by atomic mass is 79.9. The fourth-order valence-corrected chi connectivity index (χ4v) is 2.87. The van der Waals surface area contributed by atoms with Crippen molar-refractivity contribution < 1.29 is 0 Å². The fraction of sp³-hybridized carbons (Fsp3) is 0.625. The molecule has 19 heavy (non-hydrogen) atoms. The van der Waals surface area contributed by atoms with Crippen LogP contribution in [0.3, 0.4) is 0 Å². The molecule has 0 bridgehead atoms. The Morgan fingerprint density at radius 2 is 1.95 bits per heavy atom. The zero-order valence-electron chi connectivity index (χ0n) is 12.0. The summed E-state index contributed by atoms with van der Waals surface area (Å²) in [4.78, 5) is 0. The van der Waals surface area contributed by atoms with Crippen LogP contribution in [0.15, 0.2) is 22.7 Å². The molecule has 1 aromatic carbocycles. The standard InChI is InChI=1S/C16H25BrClN/c1-3-5-6-7-8-16(19-11-4-2)14-12-13(17)9-10-15(14)18/h9-10,12,16,19H,3-8,11H2,1-2H3. The number of hydrogen-bond acceptors (Lipinski definition) is 1. The lowest BCUT2D eigenvalue weighted by molar-refractivity contribution is 0.470. The molecule has 1 nitrogen and oxygen atoms in total. The zero-order valence-corrected chi connectivity index (χ0v) is 14.4. The predicted octanol–water partition coefficient (Wildman–Crippen LogP) is 6.11.